The Kier molecular flexibility index (Phi) is 4.05. The number of nitrogens with two attached hydrogens (primary N) is 1. The average Bonchev–Trinajstić information content (AvgIpc) is 2.17. The summed E-state index contributed by atoms with van der Waals surface area (Å²) in [5.41, 5.74) is 1.89. The van der Waals surface area contributed by atoms with Crippen molar-refractivity contribution in [3.63, 3.8) is 0 Å². The maximum absolute atomic E-state index is 13.1. The third kappa shape index (κ3) is 2.91. The molecule has 0 aliphatic rings. The van der Waals surface area contributed by atoms with E-state index in [1.54, 1.807) is 6.07 Å². The first-order valence-electron chi connectivity index (χ1n) is 4.84. The molecule has 84 valence electrons. The highest BCUT2D eigenvalue weighted by atomic mass is 19.1. The van der Waals surface area contributed by atoms with Crippen molar-refractivity contribution in [2.45, 2.75) is 12.8 Å². The number of benzene rings is 1. The van der Waals surface area contributed by atoms with E-state index in [-0.39, 0.29) is 11.7 Å². The van der Waals surface area contributed by atoms with Crippen molar-refractivity contribution in [2.75, 3.05) is 25.6 Å². The van der Waals surface area contributed by atoms with E-state index in [4.69, 9.17) is 5.90 Å². The number of anilines is 1. The van der Waals surface area contributed by atoms with Gasteiger partial charge in [-0.25, -0.2) is 10.3 Å². The maximum Gasteiger partial charge on any atom is 0.123 e. The molecule has 3 nitrogen and oxygen atoms in total. The lowest BCUT2D eigenvalue weighted by Gasteiger charge is -2.21. The van der Waals surface area contributed by atoms with Gasteiger partial charge in [-0.2, -0.15) is 0 Å². The summed E-state index contributed by atoms with van der Waals surface area (Å²) in [7, 11) is 3.85. The van der Waals surface area contributed by atoms with Crippen LogP contribution in [0.3, 0.4) is 0 Å². The van der Waals surface area contributed by atoms with Gasteiger partial charge in [-0.15, -0.1) is 0 Å². The van der Waals surface area contributed by atoms with Gasteiger partial charge in [0.05, 0.1) is 6.61 Å². The van der Waals surface area contributed by atoms with Crippen LogP contribution in [0.25, 0.3) is 0 Å². The SMILES string of the molecule is CC(CON)c1cc(F)ccc1N(C)C. The molecule has 1 unspecified atom stereocenters. The number of rotatable bonds is 4. The molecule has 0 aliphatic carbocycles. The van der Waals surface area contributed by atoms with E-state index in [1.807, 2.05) is 25.9 Å². The highest BCUT2D eigenvalue weighted by Gasteiger charge is 2.13. The van der Waals surface area contributed by atoms with E-state index in [0.29, 0.717) is 6.61 Å². The van der Waals surface area contributed by atoms with Gasteiger partial charge in [0.1, 0.15) is 5.82 Å². The van der Waals surface area contributed by atoms with E-state index >= 15 is 0 Å². The van der Waals surface area contributed by atoms with E-state index in [1.165, 1.54) is 12.1 Å². The Morgan fingerprint density at radius 2 is 2.13 bits per heavy atom. The zero-order valence-corrected chi connectivity index (χ0v) is 9.33. The lowest BCUT2D eigenvalue weighted by Crippen LogP contribution is -2.15. The highest BCUT2D eigenvalue weighted by Crippen LogP contribution is 2.27. The minimum atomic E-state index is -0.237. The Bertz CT molecular complexity index is 328. The molecule has 1 rings (SSSR count). The van der Waals surface area contributed by atoms with E-state index < -0.39 is 0 Å². The topological polar surface area (TPSA) is 38.5 Å². The van der Waals surface area contributed by atoms with Gasteiger partial charge in [0.25, 0.3) is 0 Å². The second-order valence-corrected chi connectivity index (χ2v) is 3.83. The van der Waals surface area contributed by atoms with Gasteiger partial charge in [-0.3, -0.25) is 0 Å². The van der Waals surface area contributed by atoms with Crippen molar-refractivity contribution in [3.8, 4) is 0 Å². The summed E-state index contributed by atoms with van der Waals surface area (Å²) in [5.74, 6) is 4.86. The molecule has 0 spiro atoms. The first-order chi connectivity index (χ1) is 7.06. The van der Waals surface area contributed by atoms with Gasteiger partial charge >= 0.3 is 0 Å². The average molecular weight is 212 g/mol. The fraction of sp³-hybridized carbons (Fsp3) is 0.455. The molecule has 0 heterocycles. The monoisotopic (exact) mass is 212 g/mol. The van der Waals surface area contributed by atoms with E-state index in [2.05, 4.69) is 4.84 Å². The van der Waals surface area contributed by atoms with Gasteiger partial charge < -0.3 is 9.74 Å². The molecule has 2 N–H and O–H groups in total. The molecule has 0 aromatic heterocycles. The van der Waals surface area contributed by atoms with Crippen LogP contribution in [0.2, 0.25) is 0 Å². The number of nitrogens with zero attached hydrogens (tertiary/aromatic N) is 1. The van der Waals surface area contributed by atoms with Crippen LogP contribution in [0.5, 0.6) is 0 Å². The summed E-state index contributed by atoms with van der Waals surface area (Å²) >= 11 is 0. The molecule has 15 heavy (non-hydrogen) atoms. The number of hydrogen-bond acceptors (Lipinski definition) is 3. The third-order valence-corrected chi connectivity index (χ3v) is 2.35. The summed E-state index contributed by atoms with van der Waals surface area (Å²) in [6.07, 6.45) is 0. The zero-order chi connectivity index (χ0) is 11.4. The lowest BCUT2D eigenvalue weighted by atomic mass is 9.99. The quantitative estimate of drug-likeness (QED) is 0.774. The summed E-state index contributed by atoms with van der Waals surface area (Å²) < 4.78 is 13.1. The number of hydrogen-bond donors (Lipinski definition) is 1. The minimum absolute atomic E-state index is 0.0723. The van der Waals surface area contributed by atoms with E-state index in [9.17, 15) is 4.39 Å². The molecule has 0 bridgehead atoms. The van der Waals surface area contributed by atoms with E-state index in [0.717, 1.165) is 11.3 Å². The predicted octanol–water partition coefficient (Wildman–Crippen LogP) is 1.89. The van der Waals surface area contributed by atoms with Crippen LogP contribution in [-0.4, -0.2) is 20.7 Å². The maximum atomic E-state index is 13.1. The summed E-state index contributed by atoms with van der Waals surface area (Å²) in [4.78, 5) is 6.54. The fourth-order valence-corrected chi connectivity index (χ4v) is 1.56. The van der Waals surface area contributed by atoms with Crippen molar-refractivity contribution >= 4 is 5.69 Å². The van der Waals surface area contributed by atoms with Crippen molar-refractivity contribution in [2.24, 2.45) is 5.90 Å². The number of halogens is 1. The summed E-state index contributed by atoms with van der Waals surface area (Å²) in [6, 6.07) is 4.74. The third-order valence-electron chi connectivity index (χ3n) is 2.35. The van der Waals surface area contributed by atoms with Gasteiger partial charge in [0, 0.05) is 25.7 Å². The van der Waals surface area contributed by atoms with Crippen molar-refractivity contribution in [1.82, 2.24) is 0 Å². The molecule has 1 aromatic rings. The zero-order valence-electron chi connectivity index (χ0n) is 9.33. The van der Waals surface area contributed by atoms with Crippen LogP contribution >= 0.6 is 0 Å². The Balaban J connectivity index is 3.06. The second kappa shape index (κ2) is 5.09. The van der Waals surface area contributed by atoms with Crippen molar-refractivity contribution < 1.29 is 9.23 Å². The standard InChI is InChI=1S/C11H17FN2O/c1-8(7-15-13)10-6-9(12)4-5-11(10)14(2)3/h4-6,8H,7,13H2,1-3H3. The Labute approximate surface area is 89.6 Å². The Morgan fingerprint density at radius 1 is 1.47 bits per heavy atom. The molecular weight excluding hydrogens is 195 g/mol. The summed E-state index contributed by atoms with van der Waals surface area (Å²) in [5, 5.41) is 0. The van der Waals surface area contributed by atoms with Gasteiger partial charge in [0.2, 0.25) is 0 Å². The lowest BCUT2D eigenvalue weighted by molar-refractivity contribution is 0.126. The molecule has 0 saturated heterocycles. The molecule has 0 fully saturated rings. The van der Waals surface area contributed by atoms with Crippen molar-refractivity contribution in [3.05, 3.63) is 29.6 Å². The molecule has 0 radical (unpaired) electrons. The van der Waals surface area contributed by atoms with Crippen LogP contribution < -0.4 is 10.8 Å². The highest BCUT2D eigenvalue weighted by molar-refractivity contribution is 5.54. The minimum Gasteiger partial charge on any atom is -0.377 e. The fourth-order valence-electron chi connectivity index (χ4n) is 1.56. The van der Waals surface area contributed by atoms with Crippen LogP contribution in [0.1, 0.15) is 18.4 Å². The molecule has 0 amide bonds. The van der Waals surface area contributed by atoms with Crippen LogP contribution in [0.4, 0.5) is 10.1 Å². The molecule has 1 atom stereocenters. The van der Waals surface area contributed by atoms with Crippen LogP contribution in [-0.2, 0) is 4.84 Å². The largest absolute Gasteiger partial charge is 0.377 e. The molecule has 4 heteroatoms. The van der Waals surface area contributed by atoms with Gasteiger partial charge in [-0.05, 0) is 23.8 Å². The smallest absolute Gasteiger partial charge is 0.123 e. The Hall–Kier alpha value is -1.13. The van der Waals surface area contributed by atoms with Crippen LogP contribution in [0, 0.1) is 5.82 Å². The second-order valence-electron chi connectivity index (χ2n) is 3.83. The van der Waals surface area contributed by atoms with Gasteiger partial charge in [-0.1, -0.05) is 6.92 Å². The summed E-state index contributed by atoms with van der Waals surface area (Å²) in [6.45, 7) is 2.33. The normalized spacial score (nSPS) is 12.6. The molecule has 0 saturated carbocycles. The van der Waals surface area contributed by atoms with Crippen LogP contribution in [0.15, 0.2) is 18.2 Å². The molecule has 0 aliphatic heterocycles. The Morgan fingerprint density at radius 3 is 2.67 bits per heavy atom. The van der Waals surface area contributed by atoms with Crippen molar-refractivity contribution in [1.29, 1.82) is 0 Å². The van der Waals surface area contributed by atoms with Gasteiger partial charge in [0.15, 0.2) is 0 Å². The first kappa shape index (κ1) is 11.9. The molecule has 1 aromatic carbocycles. The first-order valence-corrected chi connectivity index (χ1v) is 4.84. The predicted molar refractivity (Wildman–Crippen MR) is 59.3 cm³/mol. The molecular formula is C11H17FN2O.